The molecule has 0 aromatic rings. The molecule has 0 aliphatic rings. The minimum absolute atomic E-state index is 0.212. The minimum Gasteiger partial charge on any atom is -0.393 e. The van der Waals surface area contributed by atoms with Crippen LogP contribution in [-0.4, -0.2) is 33.6 Å². The zero-order valence-corrected chi connectivity index (χ0v) is 5.83. The summed E-state index contributed by atoms with van der Waals surface area (Å²) in [5.74, 6) is 0. The van der Waals surface area contributed by atoms with Crippen LogP contribution in [0, 0.1) is 0 Å². The quantitative estimate of drug-likeness (QED) is 0.487. The zero-order valence-electron chi connectivity index (χ0n) is 5.83. The van der Waals surface area contributed by atoms with Crippen molar-refractivity contribution in [3.05, 3.63) is 0 Å². The Morgan fingerprint density at radius 1 is 1.56 bits per heavy atom. The van der Waals surface area contributed by atoms with E-state index in [4.69, 9.17) is 15.3 Å². The van der Waals surface area contributed by atoms with Gasteiger partial charge in [-0.2, -0.15) is 0 Å². The van der Waals surface area contributed by atoms with Crippen LogP contribution in [0.5, 0.6) is 0 Å². The highest BCUT2D eigenvalue weighted by Gasteiger charge is 2.20. The van der Waals surface area contributed by atoms with Crippen LogP contribution in [0.15, 0.2) is 0 Å². The Morgan fingerprint density at radius 2 is 2.00 bits per heavy atom. The van der Waals surface area contributed by atoms with E-state index in [0.29, 0.717) is 0 Å². The summed E-state index contributed by atoms with van der Waals surface area (Å²) in [7, 11) is 0. The molecule has 0 aromatic carbocycles. The average molecular weight is 134 g/mol. The van der Waals surface area contributed by atoms with Crippen LogP contribution in [0.3, 0.4) is 0 Å². The van der Waals surface area contributed by atoms with Gasteiger partial charge in [-0.15, -0.1) is 0 Å². The highest BCUT2D eigenvalue weighted by Crippen LogP contribution is 2.09. The summed E-state index contributed by atoms with van der Waals surface area (Å²) in [5, 5.41) is 26.3. The van der Waals surface area contributed by atoms with E-state index in [-0.39, 0.29) is 13.0 Å². The summed E-state index contributed by atoms with van der Waals surface area (Å²) in [6, 6.07) is 0. The predicted octanol–water partition coefficient (Wildman–Crippen LogP) is -0.499. The van der Waals surface area contributed by atoms with Crippen molar-refractivity contribution >= 4 is 0 Å². The van der Waals surface area contributed by atoms with Crippen molar-refractivity contribution in [3.8, 4) is 0 Å². The Bertz CT molecular complexity index is 78.4. The molecule has 56 valence electrons. The molecule has 0 rings (SSSR count). The number of hydrogen-bond donors (Lipinski definition) is 3. The van der Waals surface area contributed by atoms with Gasteiger partial charge in [-0.3, -0.25) is 0 Å². The van der Waals surface area contributed by atoms with Crippen LogP contribution >= 0.6 is 0 Å². The van der Waals surface area contributed by atoms with Gasteiger partial charge >= 0.3 is 0 Å². The van der Waals surface area contributed by atoms with Crippen LogP contribution in [0.4, 0.5) is 0 Å². The van der Waals surface area contributed by atoms with Gasteiger partial charge in [-0.1, -0.05) is 0 Å². The van der Waals surface area contributed by atoms with Gasteiger partial charge in [0.1, 0.15) is 0 Å². The molecule has 0 unspecified atom stereocenters. The molecule has 2 atom stereocenters. The van der Waals surface area contributed by atoms with Crippen molar-refractivity contribution in [1.82, 2.24) is 0 Å². The molecule has 3 nitrogen and oxygen atoms in total. The van der Waals surface area contributed by atoms with E-state index >= 15 is 0 Å². The molecule has 0 fully saturated rings. The summed E-state index contributed by atoms with van der Waals surface area (Å²) in [6.07, 6.45) is -0.351. The maximum Gasteiger partial charge on any atom is 0.0873 e. The van der Waals surface area contributed by atoms with E-state index in [1.54, 1.807) is 6.92 Å². The molecule has 0 aliphatic carbocycles. The molecule has 0 aliphatic heterocycles. The molecule has 3 heteroatoms. The molecule has 0 saturated carbocycles. The Hall–Kier alpha value is -0.120. The lowest BCUT2D eigenvalue weighted by molar-refractivity contribution is -0.0323. The Morgan fingerprint density at radius 3 is 2.11 bits per heavy atom. The highest BCUT2D eigenvalue weighted by atomic mass is 16.3. The summed E-state index contributed by atoms with van der Waals surface area (Å²) in [5.41, 5.74) is -1.13. The Labute approximate surface area is 54.9 Å². The fraction of sp³-hybridized carbons (Fsp3) is 1.00. The topological polar surface area (TPSA) is 60.7 Å². The van der Waals surface area contributed by atoms with Gasteiger partial charge in [0.25, 0.3) is 0 Å². The lowest BCUT2D eigenvalue weighted by Crippen LogP contribution is -2.32. The van der Waals surface area contributed by atoms with Crippen LogP contribution < -0.4 is 0 Å². The zero-order chi connectivity index (χ0) is 7.49. The second-order valence-electron chi connectivity index (χ2n) is 2.71. The van der Waals surface area contributed by atoms with Gasteiger partial charge in [-0.25, -0.2) is 0 Å². The van der Waals surface area contributed by atoms with Gasteiger partial charge in [0.2, 0.25) is 0 Å². The second-order valence-corrected chi connectivity index (χ2v) is 2.71. The first-order valence-electron chi connectivity index (χ1n) is 2.99. The summed E-state index contributed by atoms with van der Waals surface area (Å²) in [6.45, 7) is 2.75. The van der Waals surface area contributed by atoms with Gasteiger partial charge in [0, 0.05) is 6.42 Å². The summed E-state index contributed by atoms with van der Waals surface area (Å²) in [4.78, 5) is 0. The first-order chi connectivity index (χ1) is 3.98. The molecule has 0 saturated heterocycles. The molecule has 0 bridgehead atoms. The van der Waals surface area contributed by atoms with Gasteiger partial charge < -0.3 is 15.3 Å². The number of aliphatic hydroxyl groups excluding tert-OH is 2. The van der Waals surface area contributed by atoms with E-state index in [9.17, 15) is 0 Å². The van der Waals surface area contributed by atoms with Gasteiger partial charge in [-0.05, 0) is 13.8 Å². The van der Waals surface area contributed by atoms with Crippen molar-refractivity contribution in [2.45, 2.75) is 32.0 Å². The lowest BCUT2D eigenvalue weighted by atomic mass is 10.0. The molecular formula is C6H14O3. The van der Waals surface area contributed by atoms with Crippen LogP contribution in [0.1, 0.15) is 20.3 Å². The standard InChI is InChI=1S/C6H14O3/c1-5(8)3-6(2,9)4-7/h5,7-9H,3-4H2,1-2H3/t5-,6+/m1/s1. The fourth-order valence-corrected chi connectivity index (χ4v) is 0.701. The second kappa shape index (κ2) is 3.15. The molecule has 9 heavy (non-hydrogen) atoms. The van der Waals surface area contributed by atoms with Crippen LogP contribution in [0.2, 0.25) is 0 Å². The number of hydrogen-bond acceptors (Lipinski definition) is 3. The van der Waals surface area contributed by atoms with E-state index in [0.717, 1.165) is 0 Å². The Balaban J connectivity index is 3.58. The first-order valence-corrected chi connectivity index (χ1v) is 2.99. The van der Waals surface area contributed by atoms with Crippen molar-refractivity contribution in [1.29, 1.82) is 0 Å². The van der Waals surface area contributed by atoms with E-state index in [1.807, 2.05) is 0 Å². The maximum atomic E-state index is 9.08. The van der Waals surface area contributed by atoms with Gasteiger partial charge in [0.15, 0.2) is 0 Å². The SMILES string of the molecule is C[C@@H](O)C[C@](C)(O)CO. The highest BCUT2D eigenvalue weighted by molar-refractivity contribution is 4.72. The number of aliphatic hydroxyl groups is 3. The third-order valence-electron chi connectivity index (χ3n) is 1.08. The molecule has 0 spiro atoms. The molecule has 0 aromatic heterocycles. The Kier molecular flexibility index (Phi) is 3.11. The van der Waals surface area contributed by atoms with E-state index in [2.05, 4.69) is 0 Å². The molecule has 3 N–H and O–H groups in total. The minimum atomic E-state index is -1.13. The van der Waals surface area contributed by atoms with Crippen molar-refractivity contribution in [2.75, 3.05) is 6.61 Å². The summed E-state index contributed by atoms with van der Waals surface area (Å²) >= 11 is 0. The largest absolute Gasteiger partial charge is 0.393 e. The molecular weight excluding hydrogens is 120 g/mol. The molecule has 0 radical (unpaired) electrons. The monoisotopic (exact) mass is 134 g/mol. The molecule has 0 amide bonds. The predicted molar refractivity (Wildman–Crippen MR) is 34.0 cm³/mol. The van der Waals surface area contributed by atoms with E-state index < -0.39 is 11.7 Å². The fourth-order valence-electron chi connectivity index (χ4n) is 0.701. The lowest BCUT2D eigenvalue weighted by Gasteiger charge is -2.21. The normalized spacial score (nSPS) is 21.0. The van der Waals surface area contributed by atoms with Crippen molar-refractivity contribution < 1.29 is 15.3 Å². The third kappa shape index (κ3) is 4.39. The number of rotatable bonds is 3. The van der Waals surface area contributed by atoms with Crippen LogP contribution in [0.25, 0.3) is 0 Å². The van der Waals surface area contributed by atoms with Gasteiger partial charge in [0.05, 0.1) is 18.3 Å². The van der Waals surface area contributed by atoms with E-state index in [1.165, 1.54) is 6.92 Å². The smallest absolute Gasteiger partial charge is 0.0873 e. The van der Waals surface area contributed by atoms with Crippen molar-refractivity contribution in [2.24, 2.45) is 0 Å². The summed E-state index contributed by atoms with van der Waals surface area (Å²) < 4.78 is 0. The first kappa shape index (κ1) is 8.88. The maximum absolute atomic E-state index is 9.08. The average Bonchev–Trinajstić information content (AvgIpc) is 1.63. The third-order valence-corrected chi connectivity index (χ3v) is 1.08. The van der Waals surface area contributed by atoms with Crippen molar-refractivity contribution in [3.63, 3.8) is 0 Å². The molecule has 0 heterocycles. The van der Waals surface area contributed by atoms with Crippen LogP contribution in [-0.2, 0) is 0 Å².